The van der Waals surface area contributed by atoms with Gasteiger partial charge in [-0.15, -0.1) is 5.10 Å². The molecule has 1 aromatic heterocycles. The smallest absolute Gasteiger partial charge is 0.410 e. The minimum atomic E-state index is -0.468. The molecule has 1 aliphatic carbocycles. The minimum Gasteiger partial charge on any atom is -0.444 e. The molecule has 0 radical (unpaired) electrons. The van der Waals surface area contributed by atoms with Gasteiger partial charge in [0, 0.05) is 45.0 Å². The fraction of sp³-hybridized carbons (Fsp3) is 0.812. The van der Waals surface area contributed by atoms with Gasteiger partial charge in [0.05, 0.1) is 5.69 Å². The van der Waals surface area contributed by atoms with Gasteiger partial charge in [0.15, 0.2) is 0 Å². The minimum absolute atomic E-state index is 0.148. The molecule has 0 saturated heterocycles. The predicted octanol–water partition coefficient (Wildman–Crippen LogP) is 1.15. The van der Waals surface area contributed by atoms with Crippen molar-refractivity contribution in [2.75, 3.05) is 19.7 Å². The summed E-state index contributed by atoms with van der Waals surface area (Å²) in [6.07, 6.45) is 4.41. The van der Waals surface area contributed by atoms with Crippen molar-refractivity contribution >= 4 is 6.09 Å². The molecule has 0 unspecified atom stereocenters. The molecule has 0 aromatic carbocycles. The molecule has 2 rings (SSSR count). The van der Waals surface area contributed by atoms with Crippen molar-refractivity contribution < 1.29 is 14.6 Å². The fourth-order valence-corrected chi connectivity index (χ4v) is 2.31. The Morgan fingerprint density at radius 1 is 1.50 bits per heavy atom. The first-order valence-corrected chi connectivity index (χ1v) is 8.59. The number of nitrogens with zero attached hydrogens (tertiary/aromatic N) is 4. The highest BCUT2D eigenvalue weighted by Crippen LogP contribution is 2.28. The lowest BCUT2D eigenvalue weighted by Gasteiger charge is -2.27. The van der Waals surface area contributed by atoms with Crippen molar-refractivity contribution in [2.24, 2.45) is 0 Å². The third-order valence-electron chi connectivity index (χ3n) is 3.58. The molecule has 0 aliphatic heterocycles. The molecule has 8 heteroatoms. The van der Waals surface area contributed by atoms with Crippen LogP contribution in [0.5, 0.6) is 0 Å². The second-order valence-corrected chi connectivity index (χ2v) is 7.13. The van der Waals surface area contributed by atoms with Crippen LogP contribution in [0.1, 0.15) is 45.7 Å². The highest BCUT2D eigenvalue weighted by atomic mass is 16.6. The first kappa shape index (κ1) is 18.7. The van der Waals surface area contributed by atoms with Gasteiger partial charge in [-0.05, 0) is 40.0 Å². The van der Waals surface area contributed by atoms with E-state index in [-0.39, 0.29) is 12.7 Å². The van der Waals surface area contributed by atoms with Gasteiger partial charge in [0.2, 0.25) is 0 Å². The predicted molar refractivity (Wildman–Crippen MR) is 89.4 cm³/mol. The number of carbonyl (C=O) groups excluding carboxylic acids is 1. The summed E-state index contributed by atoms with van der Waals surface area (Å²) < 4.78 is 7.20. The number of hydrogen-bond acceptors (Lipinski definition) is 6. The normalized spacial score (nSPS) is 14.7. The monoisotopic (exact) mass is 339 g/mol. The zero-order valence-corrected chi connectivity index (χ0v) is 14.9. The number of amides is 1. The average molecular weight is 339 g/mol. The molecule has 8 nitrogen and oxygen atoms in total. The molecule has 1 saturated carbocycles. The van der Waals surface area contributed by atoms with E-state index in [0.29, 0.717) is 38.6 Å². The van der Waals surface area contributed by atoms with E-state index in [1.54, 1.807) is 4.68 Å². The summed E-state index contributed by atoms with van der Waals surface area (Å²) in [7, 11) is 0. The second-order valence-electron chi connectivity index (χ2n) is 7.13. The Kier molecular flexibility index (Phi) is 6.56. The van der Waals surface area contributed by atoms with Crippen LogP contribution >= 0.6 is 0 Å². The third-order valence-corrected chi connectivity index (χ3v) is 3.58. The van der Waals surface area contributed by atoms with Crippen LogP contribution in [0.25, 0.3) is 0 Å². The van der Waals surface area contributed by atoms with E-state index in [0.717, 1.165) is 18.5 Å². The van der Waals surface area contributed by atoms with E-state index in [9.17, 15) is 4.79 Å². The number of carbonyl (C=O) groups is 1. The Labute approximate surface area is 143 Å². The molecule has 1 aromatic rings. The third kappa shape index (κ3) is 6.45. The van der Waals surface area contributed by atoms with Crippen LogP contribution < -0.4 is 5.32 Å². The number of aliphatic hydroxyl groups excluding tert-OH is 1. The molecular formula is C16H29N5O3. The van der Waals surface area contributed by atoms with Crippen LogP contribution in [0.4, 0.5) is 4.79 Å². The van der Waals surface area contributed by atoms with Crippen molar-refractivity contribution in [3.63, 3.8) is 0 Å². The summed E-state index contributed by atoms with van der Waals surface area (Å²) in [6, 6.07) is 0.320. The van der Waals surface area contributed by atoms with Gasteiger partial charge in [-0.2, -0.15) is 0 Å². The molecule has 0 atom stereocenters. The first-order chi connectivity index (χ1) is 11.4. The molecule has 1 amide bonds. The van der Waals surface area contributed by atoms with Gasteiger partial charge in [-0.25, -0.2) is 4.79 Å². The summed E-state index contributed by atoms with van der Waals surface area (Å²) in [6.45, 7) is 8.37. The van der Waals surface area contributed by atoms with Gasteiger partial charge in [0.25, 0.3) is 0 Å². The molecule has 136 valence electrons. The van der Waals surface area contributed by atoms with Crippen LogP contribution in [-0.4, -0.2) is 62.4 Å². The van der Waals surface area contributed by atoms with Crippen LogP contribution in [0.3, 0.4) is 0 Å². The number of nitrogens with one attached hydrogen (secondary N) is 1. The summed E-state index contributed by atoms with van der Waals surface area (Å²) in [5, 5.41) is 20.2. The molecule has 1 heterocycles. The number of ether oxygens (including phenoxy) is 1. The summed E-state index contributed by atoms with van der Waals surface area (Å²) in [4.78, 5) is 14.1. The second kappa shape index (κ2) is 8.43. The zero-order valence-electron chi connectivity index (χ0n) is 14.9. The average Bonchev–Trinajstić information content (AvgIpc) is 3.22. The van der Waals surface area contributed by atoms with Gasteiger partial charge in [-0.3, -0.25) is 4.68 Å². The topological polar surface area (TPSA) is 92.5 Å². The number of aryl methyl sites for hydroxylation is 1. The Hall–Kier alpha value is -1.67. The fourth-order valence-electron chi connectivity index (χ4n) is 2.31. The molecular weight excluding hydrogens is 310 g/mol. The van der Waals surface area contributed by atoms with E-state index in [1.807, 2.05) is 31.9 Å². The van der Waals surface area contributed by atoms with Gasteiger partial charge in [-0.1, -0.05) is 5.21 Å². The van der Waals surface area contributed by atoms with Crippen molar-refractivity contribution in [2.45, 2.75) is 64.8 Å². The molecule has 0 spiro atoms. The zero-order chi connectivity index (χ0) is 17.6. The van der Waals surface area contributed by atoms with Crippen molar-refractivity contribution in [1.29, 1.82) is 0 Å². The first-order valence-electron chi connectivity index (χ1n) is 8.59. The summed E-state index contributed by atoms with van der Waals surface area (Å²) >= 11 is 0. The van der Waals surface area contributed by atoms with Gasteiger partial charge < -0.3 is 20.1 Å². The summed E-state index contributed by atoms with van der Waals surface area (Å²) in [5.41, 5.74) is 0.383. The standard InChI is InChI=1S/C16H29N5O3/c1-16(2,3)24-15(23)21(14-5-6-14)9-7-17-11-13-12-20(19-18-13)8-4-10-22/h12,14,17,22H,4-11H2,1-3H3. The molecule has 1 fully saturated rings. The Morgan fingerprint density at radius 2 is 2.25 bits per heavy atom. The Morgan fingerprint density at radius 3 is 2.88 bits per heavy atom. The lowest BCUT2D eigenvalue weighted by atomic mass is 10.2. The SMILES string of the molecule is CC(C)(C)OC(=O)N(CCNCc1cn(CCCO)nn1)C1CC1. The van der Waals surface area contributed by atoms with Gasteiger partial charge in [0.1, 0.15) is 5.60 Å². The largest absolute Gasteiger partial charge is 0.444 e. The van der Waals surface area contributed by atoms with E-state index in [4.69, 9.17) is 9.84 Å². The number of aromatic nitrogens is 3. The molecule has 1 aliphatic rings. The van der Waals surface area contributed by atoms with Crippen molar-refractivity contribution in [3.8, 4) is 0 Å². The maximum Gasteiger partial charge on any atom is 0.410 e. The molecule has 2 N–H and O–H groups in total. The summed E-state index contributed by atoms with van der Waals surface area (Å²) in [5.74, 6) is 0. The highest BCUT2D eigenvalue weighted by molar-refractivity contribution is 5.69. The van der Waals surface area contributed by atoms with Crippen LogP contribution in [0, 0.1) is 0 Å². The highest BCUT2D eigenvalue weighted by Gasteiger charge is 2.34. The quantitative estimate of drug-likeness (QED) is 0.656. The Balaban J connectivity index is 1.71. The van der Waals surface area contributed by atoms with E-state index in [1.165, 1.54) is 0 Å². The number of rotatable bonds is 9. The van der Waals surface area contributed by atoms with Crippen LogP contribution in [0.2, 0.25) is 0 Å². The molecule has 24 heavy (non-hydrogen) atoms. The lowest BCUT2D eigenvalue weighted by Crippen LogP contribution is -2.41. The van der Waals surface area contributed by atoms with Crippen molar-refractivity contribution in [3.05, 3.63) is 11.9 Å². The van der Waals surface area contributed by atoms with Crippen LogP contribution in [0.15, 0.2) is 6.20 Å². The van der Waals surface area contributed by atoms with Gasteiger partial charge >= 0.3 is 6.09 Å². The van der Waals surface area contributed by atoms with Crippen molar-refractivity contribution in [1.82, 2.24) is 25.2 Å². The van der Waals surface area contributed by atoms with E-state index in [2.05, 4.69) is 15.6 Å². The Bertz CT molecular complexity index is 522. The van der Waals surface area contributed by atoms with E-state index < -0.39 is 5.60 Å². The number of hydrogen-bond donors (Lipinski definition) is 2. The maximum absolute atomic E-state index is 12.2. The number of aliphatic hydroxyl groups is 1. The molecule has 0 bridgehead atoms. The van der Waals surface area contributed by atoms with Crippen LogP contribution in [-0.2, 0) is 17.8 Å². The maximum atomic E-state index is 12.2. The van der Waals surface area contributed by atoms with E-state index >= 15 is 0 Å². The lowest BCUT2D eigenvalue weighted by molar-refractivity contribution is 0.0236.